The number of rotatable bonds is 7. The molecule has 140 valence electrons. The summed E-state index contributed by atoms with van der Waals surface area (Å²) >= 11 is 0. The topological polar surface area (TPSA) is 52.6 Å². The highest BCUT2D eigenvalue weighted by Crippen LogP contribution is 2.19. The number of carbonyl (C=O) groups is 1. The van der Waals surface area contributed by atoms with Gasteiger partial charge in [-0.05, 0) is 61.6 Å². The smallest absolute Gasteiger partial charge is 0.239 e. The predicted octanol–water partition coefficient (Wildman–Crippen LogP) is 3.04. The van der Waals surface area contributed by atoms with Gasteiger partial charge in [0.25, 0.3) is 0 Å². The number of nitrogens with zero attached hydrogens (tertiary/aromatic N) is 1. The number of aliphatic hydroxyl groups is 1. The first kappa shape index (κ1) is 19.9. The number of piperidine rings is 1. The van der Waals surface area contributed by atoms with Crippen LogP contribution in [0.25, 0.3) is 0 Å². The van der Waals surface area contributed by atoms with Gasteiger partial charge in [0.15, 0.2) is 0 Å². The van der Waals surface area contributed by atoms with Crippen LogP contribution in [0.5, 0.6) is 0 Å². The Kier molecular flexibility index (Phi) is 7.45. The minimum Gasteiger partial charge on any atom is -0.396 e. The average Bonchev–Trinajstić information content (AvgIpc) is 2.61. The highest BCUT2D eigenvalue weighted by molar-refractivity contribution is 5.82. The fourth-order valence-electron chi connectivity index (χ4n) is 3.54. The molecule has 0 aliphatic carbocycles. The Hall–Kier alpha value is -1.39. The first-order chi connectivity index (χ1) is 11.9. The third kappa shape index (κ3) is 5.55. The van der Waals surface area contributed by atoms with Crippen molar-refractivity contribution in [1.29, 1.82) is 0 Å². The summed E-state index contributed by atoms with van der Waals surface area (Å²) in [7, 11) is 0. The summed E-state index contributed by atoms with van der Waals surface area (Å²) in [5.41, 5.74) is 3.85. The molecule has 2 rings (SSSR count). The van der Waals surface area contributed by atoms with Crippen LogP contribution in [-0.2, 0) is 11.3 Å². The normalized spacial score (nSPS) is 17.1. The van der Waals surface area contributed by atoms with Crippen LogP contribution in [0, 0.1) is 25.7 Å². The second-order valence-electron chi connectivity index (χ2n) is 7.87. The first-order valence-electron chi connectivity index (χ1n) is 9.60. The minimum atomic E-state index is -0.134. The summed E-state index contributed by atoms with van der Waals surface area (Å²) < 4.78 is 0. The van der Waals surface area contributed by atoms with Crippen molar-refractivity contribution < 1.29 is 9.90 Å². The van der Waals surface area contributed by atoms with E-state index in [2.05, 4.69) is 51.2 Å². The Morgan fingerprint density at radius 3 is 2.56 bits per heavy atom. The van der Waals surface area contributed by atoms with Crippen molar-refractivity contribution >= 4 is 5.91 Å². The van der Waals surface area contributed by atoms with Gasteiger partial charge in [0.05, 0.1) is 6.04 Å². The van der Waals surface area contributed by atoms with Crippen molar-refractivity contribution in [3.63, 3.8) is 0 Å². The van der Waals surface area contributed by atoms with Gasteiger partial charge < -0.3 is 15.3 Å². The van der Waals surface area contributed by atoms with Crippen LogP contribution in [0.4, 0.5) is 0 Å². The summed E-state index contributed by atoms with van der Waals surface area (Å²) in [4.78, 5) is 15.0. The molecule has 1 aliphatic rings. The van der Waals surface area contributed by atoms with E-state index in [0.717, 1.165) is 38.9 Å². The zero-order chi connectivity index (χ0) is 18.4. The molecule has 1 aromatic carbocycles. The van der Waals surface area contributed by atoms with Gasteiger partial charge in [0.1, 0.15) is 0 Å². The molecule has 0 bridgehead atoms. The Labute approximate surface area is 152 Å². The fourth-order valence-corrected chi connectivity index (χ4v) is 3.54. The summed E-state index contributed by atoms with van der Waals surface area (Å²) in [6.45, 7) is 11.1. The molecule has 1 atom stereocenters. The Morgan fingerprint density at radius 1 is 1.28 bits per heavy atom. The van der Waals surface area contributed by atoms with Crippen molar-refractivity contribution in [3.05, 3.63) is 34.9 Å². The molecule has 25 heavy (non-hydrogen) atoms. The van der Waals surface area contributed by atoms with E-state index in [1.165, 1.54) is 16.7 Å². The maximum Gasteiger partial charge on any atom is 0.239 e. The molecule has 0 saturated carbocycles. The van der Waals surface area contributed by atoms with Crippen LogP contribution in [0.1, 0.15) is 49.8 Å². The molecule has 4 heteroatoms. The zero-order valence-electron chi connectivity index (χ0n) is 16.2. The van der Waals surface area contributed by atoms with Crippen LogP contribution in [0.15, 0.2) is 18.2 Å². The van der Waals surface area contributed by atoms with E-state index in [0.29, 0.717) is 11.8 Å². The number of nitrogens with one attached hydrogen (secondary N) is 1. The van der Waals surface area contributed by atoms with Crippen LogP contribution >= 0.6 is 0 Å². The van der Waals surface area contributed by atoms with Crippen LogP contribution in [-0.4, -0.2) is 41.7 Å². The van der Waals surface area contributed by atoms with Gasteiger partial charge in [0.2, 0.25) is 5.91 Å². The third-order valence-corrected chi connectivity index (χ3v) is 5.45. The SMILES string of the molecule is Cc1cccc(CNC(CC(C)C)C(=O)N2CCC(CO)CC2)c1C. The Balaban J connectivity index is 2.00. The molecule has 1 saturated heterocycles. The van der Waals surface area contributed by atoms with Crippen molar-refractivity contribution in [3.8, 4) is 0 Å². The maximum absolute atomic E-state index is 13.0. The van der Waals surface area contributed by atoms with Gasteiger partial charge in [0, 0.05) is 26.2 Å². The second-order valence-corrected chi connectivity index (χ2v) is 7.87. The number of likely N-dealkylation sites (tertiary alicyclic amines) is 1. The molecule has 1 heterocycles. The van der Waals surface area contributed by atoms with Gasteiger partial charge in [-0.3, -0.25) is 4.79 Å². The second kappa shape index (κ2) is 9.35. The largest absolute Gasteiger partial charge is 0.396 e. The third-order valence-electron chi connectivity index (χ3n) is 5.45. The van der Waals surface area contributed by atoms with Gasteiger partial charge in [-0.1, -0.05) is 32.0 Å². The van der Waals surface area contributed by atoms with Crippen molar-refractivity contribution in [2.45, 2.75) is 59.5 Å². The number of benzene rings is 1. The summed E-state index contributed by atoms with van der Waals surface area (Å²) in [6.07, 6.45) is 2.67. The van der Waals surface area contributed by atoms with Gasteiger partial charge in [-0.15, -0.1) is 0 Å². The monoisotopic (exact) mass is 346 g/mol. The van der Waals surface area contributed by atoms with Gasteiger partial charge >= 0.3 is 0 Å². The van der Waals surface area contributed by atoms with E-state index >= 15 is 0 Å². The van der Waals surface area contributed by atoms with E-state index in [-0.39, 0.29) is 18.6 Å². The van der Waals surface area contributed by atoms with Crippen LogP contribution in [0.2, 0.25) is 0 Å². The predicted molar refractivity (Wildman–Crippen MR) is 102 cm³/mol. The number of aryl methyl sites for hydroxylation is 1. The van der Waals surface area contributed by atoms with Crippen molar-refractivity contribution in [1.82, 2.24) is 10.2 Å². The average molecular weight is 347 g/mol. The lowest BCUT2D eigenvalue weighted by molar-refractivity contribution is -0.135. The lowest BCUT2D eigenvalue weighted by Crippen LogP contribution is -2.49. The summed E-state index contributed by atoms with van der Waals surface area (Å²) in [5, 5.41) is 12.8. The lowest BCUT2D eigenvalue weighted by atomic mass is 9.96. The highest BCUT2D eigenvalue weighted by atomic mass is 16.3. The number of aliphatic hydroxyl groups excluding tert-OH is 1. The molecule has 1 amide bonds. The minimum absolute atomic E-state index is 0.134. The van der Waals surface area contributed by atoms with E-state index in [9.17, 15) is 9.90 Å². The molecule has 0 aromatic heterocycles. The van der Waals surface area contributed by atoms with Crippen LogP contribution < -0.4 is 5.32 Å². The van der Waals surface area contributed by atoms with Crippen molar-refractivity contribution in [2.24, 2.45) is 11.8 Å². The molecule has 1 unspecified atom stereocenters. The standard InChI is InChI=1S/C21H34N2O2/c1-15(2)12-20(21(25)23-10-8-18(14-24)9-11-23)22-13-19-7-5-6-16(3)17(19)4/h5-7,15,18,20,22,24H,8-14H2,1-4H3. The number of hydrogen-bond donors (Lipinski definition) is 2. The quantitative estimate of drug-likeness (QED) is 0.798. The lowest BCUT2D eigenvalue weighted by Gasteiger charge is -2.34. The van der Waals surface area contributed by atoms with E-state index in [1.54, 1.807) is 0 Å². The number of hydrogen-bond acceptors (Lipinski definition) is 3. The summed E-state index contributed by atoms with van der Waals surface area (Å²) in [5.74, 6) is 1.04. The molecule has 1 aromatic rings. The molecule has 0 radical (unpaired) electrons. The number of amides is 1. The molecule has 1 aliphatic heterocycles. The van der Waals surface area contributed by atoms with Crippen molar-refractivity contribution in [2.75, 3.05) is 19.7 Å². The van der Waals surface area contributed by atoms with Gasteiger partial charge in [-0.25, -0.2) is 0 Å². The molecule has 1 fully saturated rings. The highest BCUT2D eigenvalue weighted by Gasteiger charge is 2.28. The molecular weight excluding hydrogens is 312 g/mol. The molecular formula is C21H34N2O2. The first-order valence-corrected chi connectivity index (χ1v) is 9.60. The Morgan fingerprint density at radius 2 is 1.96 bits per heavy atom. The zero-order valence-corrected chi connectivity index (χ0v) is 16.2. The van der Waals surface area contributed by atoms with Crippen LogP contribution in [0.3, 0.4) is 0 Å². The molecule has 4 nitrogen and oxygen atoms in total. The molecule has 0 spiro atoms. The Bertz CT molecular complexity index is 563. The fraction of sp³-hybridized carbons (Fsp3) is 0.667. The maximum atomic E-state index is 13.0. The summed E-state index contributed by atoms with van der Waals surface area (Å²) in [6, 6.07) is 6.21. The van der Waals surface area contributed by atoms with E-state index < -0.39 is 0 Å². The van der Waals surface area contributed by atoms with E-state index in [4.69, 9.17) is 0 Å². The van der Waals surface area contributed by atoms with Gasteiger partial charge in [-0.2, -0.15) is 0 Å². The van der Waals surface area contributed by atoms with E-state index in [1.807, 2.05) is 4.90 Å². The molecule has 2 N–H and O–H groups in total. The number of carbonyl (C=O) groups excluding carboxylic acids is 1.